The minimum Gasteiger partial charge on any atom is -0.493 e. The number of aromatic nitrogens is 1. The van der Waals surface area contributed by atoms with Crippen LogP contribution in [-0.4, -0.2) is 25.7 Å². The summed E-state index contributed by atoms with van der Waals surface area (Å²) in [6.45, 7) is 3.02. The first-order valence-corrected chi connectivity index (χ1v) is 10.1. The molecule has 0 fully saturated rings. The normalized spacial score (nSPS) is 13.2. The summed E-state index contributed by atoms with van der Waals surface area (Å²) < 4.78 is 10.8. The fourth-order valence-electron chi connectivity index (χ4n) is 4.11. The Morgan fingerprint density at radius 1 is 0.964 bits per heavy atom. The molecule has 0 atom stereocenters. The first kappa shape index (κ1) is 18.6. The molecule has 0 saturated heterocycles. The molecule has 0 saturated carbocycles. The third kappa shape index (κ3) is 3.64. The van der Waals surface area contributed by atoms with E-state index >= 15 is 0 Å². The Morgan fingerprint density at radius 3 is 2.61 bits per heavy atom. The standard InChI is InChI=1S/C24H28N2O2/c1-16-8-10-21-19(14-16)24(18-6-4-5-7-20(18)26-21)25-13-12-17-9-11-22(27-2)23(15-17)28-3/h8-11,14-15H,4-7,12-13H2,1-3H3,(H,25,26). The molecule has 146 valence electrons. The molecule has 1 N–H and O–H groups in total. The highest BCUT2D eigenvalue weighted by Gasteiger charge is 2.18. The lowest BCUT2D eigenvalue weighted by atomic mass is 9.92. The van der Waals surface area contributed by atoms with Crippen molar-refractivity contribution in [1.82, 2.24) is 4.98 Å². The smallest absolute Gasteiger partial charge is 0.160 e. The molecule has 0 aliphatic heterocycles. The largest absolute Gasteiger partial charge is 0.493 e. The van der Waals surface area contributed by atoms with Gasteiger partial charge < -0.3 is 14.8 Å². The first-order chi connectivity index (χ1) is 13.7. The monoisotopic (exact) mass is 376 g/mol. The SMILES string of the molecule is COc1ccc(CCNc2c3c(nc4ccc(C)cc24)CCCC3)cc1OC. The summed E-state index contributed by atoms with van der Waals surface area (Å²) in [5.74, 6) is 1.55. The fraction of sp³-hybridized carbons (Fsp3) is 0.375. The van der Waals surface area contributed by atoms with Gasteiger partial charge in [0.1, 0.15) is 0 Å². The zero-order valence-electron chi connectivity index (χ0n) is 17.0. The van der Waals surface area contributed by atoms with Gasteiger partial charge in [-0.3, -0.25) is 4.98 Å². The van der Waals surface area contributed by atoms with Crippen LogP contribution in [0.3, 0.4) is 0 Å². The molecule has 0 spiro atoms. The summed E-state index contributed by atoms with van der Waals surface area (Å²) in [7, 11) is 3.34. The van der Waals surface area contributed by atoms with E-state index in [1.807, 2.05) is 6.07 Å². The van der Waals surface area contributed by atoms with E-state index < -0.39 is 0 Å². The molecule has 4 heteroatoms. The Hall–Kier alpha value is -2.75. The van der Waals surface area contributed by atoms with Crippen molar-refractivity contribution in [2.45, 2.75) is 39.0 Å². The van der Waals surface area contributed by atoms with E-state index in [1.165, 1.54) is 46.3 Å². The lowest BCUT2D eigenvalue weighted by Gasteiger charge is -2.22. The van der Waals surface area contributed by atoms with Gasteiger partial charge in [0.2, 0.25) is 0 Å². The molecule has 3 aromatic rings. The molecule has 0 radical (unpaired) electrons. The number of anilines is 1. The number of rotatable bonds is 6. The second-order valence-corrected chi connectivity index (χ2v) is 7.51. The van der Waals surface area contributed by atoms with Gasteiger partial charge in [-0.1, -0.05) is 17.7 Å². The van der Waals surface area contributed by atoms with Gasteiger partial charge >= 0.3 is 0 Å². The van der Waals surface area contributed by atoms with Crippen LogP contribution in [0.1, 0.15) is 35.2 Å². The van der Waals surface area contributed by atoms with Gasteiger partial charge in [0, 0.05) is 23.3 Å². The molecule has 1 aromatic heterocycles. The van der Waals surface area contributed by atoms with Crippen molar-refractivity contribution in [3.63, 3.8) is 0 Å². The van der Waals surface area contributed by atoms with Crippen LogP contribution in [0.25, 0.3) is 10.9 Å². The third-order valence-corrected chi connectivity index (χ3v) is 5.58. The van der Waals surface area contributed by atoms with Crippen molar-refractivity contribution in [3.05, 3.63) is 58.8 Å². The number of benzene rings is 2. The van der Waals surface area contributed by atoms with Crippen molar-refractivity contribution < 1.29 is 9.47 Å². The maximum Gasteiger partial charge on any atom is 0.160 e. The van der Waals surface area contributed by atoms with Crippen LogP contribution in [0, 0.1) is 6.92 Å². The fourth-order valence-corrected chi connectivity index (χ4v) is 4.11. The van der Waals surface area contributed by atoms with Gasteiger partial charge in [-0.05, 0) is 74.4 Å². The molecule has 4 nitrogen and oxygen atoms in total. The number of hydrogen-bond acceptors (Lipinski definition) is 4. The molecule has 28 heavy (non-hydrogen) atoms. The van der Waals surface area contributed by atoms with Gasteiger partial charge in [-0.15, -0.1) is 0 Å². The molecular weight excluding hydrogens is 348 g/mol. The van der Waals surface area contributed by atoms with Gasteiger partial charge in [-0.2, -0.15) is 0 Å². The molecule has 0 unspecified atom stereocenters. The second-order valence-electron chi connectivity index (χ2n) is 7.51. The van der Waals surface area contributed by atoms with Crippen LogP contribution in [0.5, 0.6) is 11.5 Å². The van der Waals surface area contributed by atoms with Crippen molar-refractivity contribution in [3.8, 4) is 11.5 Å². The van der Waals surface area contributed by atoms with Gasteiger partial charge in [0.05, 0.1) is 19.7 Å². The molecule has 0 amide bonds. The zero-order chi connectivity index (χ0) is 19.5. The highest BCUT2D eigenvalue weighted by Crippen LogP contribution is 2.34. The molecular formula is C24H28N2O2. The molecule has 1 aliphatic carbocycles. The van der Waals surface area contributed by atoms with Crippen LogP contribution >= 0.6 is 0 Å². The Labute approximate surface area is 166 Å². The van der Waals surface area contributed by atoms with Crippen LogP contribution in [0.4, 0.5) is 5.69 Å². The summed E-state index contributed by atoms with van der Waals surface area (Å²) in [6, 6.07) is 12.7. The van der Waals surface area contributed by atoms with E-state index in [-0.39, 0.29) is 0 Å². The summed E-state index contributed by atoms with van der Waals surface area (Å²) in [5, 5.41) is 4.99. The van der Waals surface area contributed by atoms with Crippen LogP contribution in [-0.2, 0) is 19.3 Å². The highest BCUT2D eigenvalue weighted by atomic mass is 16.5. The van der Waals surface area contributed by atoms with E-state index in [4.69, 9.17) is 14.5 Å². The van der Waals surface area contributed by atoms with E-state index in [2.05, 4.69) is 42.6 Å². The number of nitrogens with one attached hydrogen (secondary N) is 1. The van der Waals surface area contributed by atoms with E-state index in [0.29, 0.717) is 0 Å². The van der Waals surface area contributed by atoms with Crippen LogP contribution in [0.2, 0.25) is 0 Å². The Bertz CT molecular complexity index is 998. The van der Waals surface area contributed by atoms with Crippen LogP contribution < -0.4 is 14.8 Å². The van der Waals surface area contributed by atoms with Crippen LogP contribution in [0.15, 0.2) is 36.4 Å². The minimum atomic E-state index is 0.767. The van der Waals surface area contributed by atoms with Crippen molar-refractivity contribution >= 4 is 16.6 Å². The third-order valence-electron chi connectivity index (χ3n) is 5.58. The summed E-state index contributed by atoms with van der Waals surface area (Å²) in [4.78, 5) is 4.96. The second kappa shape index (κ2) is 8.09. The number of aryl methyl sites for hydroxylation is 2. The van der Waals surface area contributed by atoms with Crippen molar-refractivity contribution in [2.24, 2.45) is 0 Å². The van der Waals surface area contributed by atoms with E-state index in [9.17, 15) is 0 Å². The molecule has 1 heterocycles. The van der Waals surface area contributed by atoms with E-state index in [1.54, 1.807) is 14.2 Å². The van der Waals surface area contributed by atoms with Gasteiger partial charge in [0.25, 0.3) is 0 Å². The summed E-state index contributed by atoms with van der Waals surface area (Å²) in [5.41, 5.74) is 7.57. The number of fused-ring (bicyclic) bond motifs is 2. The highest BCUT2D eigenvalue weighted by molar-refractivity contribution is 5.94. The van der Waals surface area contributed by atoms with E-state index in [0.717, 1.165) is 42.8 Å². The molecule has 2 aromatic carbocycles. The predicted molar refractivity (Wildman–Crippen MR) is 115 cm³/mol. The number of pyridine rings is 1. The van der Waals surface area contributed by atoms with Gasteiger partial charge in [0.15, 0.2) is 11.5 Å². The first-order valence-electron chi connectivity index (χ1n) is 10.1. The zero-order valence-corrected chi connectivity index (χ0v) is 17.0. The predicted octanol–water partition coefficient (Wildman–Crippen LogP) is 5.09. The maximum absolute atomic E-state index is 5.43. The summed E-state index contributed by atoms with van der Waals surface area (Å²) in [6.07, 6.45) is 5.61. The number of nitrogens with zero attached hydrogens (tertiary/aromatic N) is 1. The average Bonchev–Trinajstić information content (AvgIpc) is 2.73. The van der Waals surface area contributed by atoms with Gasteiger partial charge in [-0.25, -0.2) is 0 Å². The Balaban J connectivity index is 1.60. The Kier molecular flexibility index (Phi) is 5.38. The maximum atomic E-state index is 5.43. The molecule has 0 bridgehead atoms. The summed E-state index contributed by atoms with van der Waals surface area (Å²) >= 11 is 0. The molecule has 4 rings (SSSR count). The lowest BCUT2D eigenvalue weighted by molar-refractivity contribution is 0.354. The molecule has 1 aliphatic rings. The lowest BCUT2D eigenvalue weighted by Crippen LogP contribution is -2.13. The Morgan fingerprint density at radius 2 is 1.79 bits per heavy atom. The number of ether oxygens (including phenoxy) is 2. The van der Waals surface area contributed by atoms with Crippen molar-refractivity contribution in [2.75, 3.05) is 26.1 Å². The number of methoxy groups -OCH3 is 2. The topological polar surface area (TPSA) is 43.4 Å². The minimum absolute atomic E-state index is 0.767. The quantitative estimate of drug-likeness (QED) is 0.650. The van der Waals surface area contributed by atoms with Crippen molar-refractivity contribution in [1.29, 1.82) is 0 Å². The average molecular weight is 377 g/mol. The number of hydrogen-bond donors (Lipinski definition) is 1.